The molecule has 0 aliphatic heterocycles. The minimum absolute atomic E-state index is 0.395. The lowest BCUT2D eigenvalue weighted by molar-refractivity contribution is -0.118. The maximum Gasteiger partial charge on any atom is 0.250 e. The summed E-state index contributed by atoms with van der Waals surface area (Å²) in [6.45, 7) is -0.564. The zero-order valence-electron chi connectivity index (χ0n) is 7.78. The minimum atomic E-state index is -0.564. The van der Waals surface area contributed by atoms with Crippen LogP contribution in [0.1, 0.15) is 0 Å². The van der Waals surface area contributed by atoms with E-state index in [1.54, 1.807) is 18.2 Å². The number of aliphatic hydroxyl groups is 1. The smallest absolute Gasteiger partial charge is 0.250 e. The maximum absolute atomic E-state index is 10.8. The number of ether oxygens (including phenoxy) is 1. The van der Waals surface area contributed by atoms with E-state index in [1.165, 1.54) is 7.11 Å². The third-order valence-electron chi connectivity index (χ3n) is 1.68. The van der Waals surface area contributed by atoms with Gasteiger partial charge in [-0.15, -0.1) is 0 Å². The van der Waals surface area contributed by atoms with E-state index < -0.39 is 12.5 Å². The van der Waals surface area contributed by atoms with Crippen LogP contribution in [-0.4, -0.2) is 24.7 Å². The largest absolute Gasteiger partial charge is 0.497 e. The van der Waals surface area contributed by atoms with Gasteiger partial charge in [0.1, 0.15) is 12.4 Å². The maximum atomic E-state index is 10.8. The Bertz CT molecular complexity index is 339. The molecule has 0 aromatic heterocycles. The molecule has 0 radical (unpaired) electrons. The van der Waals surface area contributed by atoms with Gasteiger partial charge in [-0.05, 0) is 12.1 Å². The van der Waals surface area contributed by atoms with Gasteiger partial charge in [-0.1, -0.05) is 0 Å². The Labute approximate surface area is 81.5 Å². The summed E-state index contributed by atoms with van der Waals surface area (Å²) in [4.78, 5) is 10.8. The van der Waals surface area contributed by atoms with Gasteiger partial charge in [-0.3, -0.25) is 4.79 Å². The van der Waals surface area contributed by atoms with Crippen molar-refractivity contribution >= 4 is 17.3 Å². The zero-order valence-corrected chi connectivity index (χ0v) is 7.78. The van der Waals surface area contributed by atoms with Gasteiger partial charge in [0.05, 0.1) is 18.5 Å². The third-order valence-corrected chi connectivity index (χ3v) is 1.68. The fourth-order valence-corrected chi connectivity index (χ4v) is 0.971. The van der Waals surface area contributed by atoms with Crippen molar-refractivity contribution < 1.29 is 14.6 Å². The molecular weight excluding hydrogens is 184 g/mol. The highest BCUT2D eigenvalue weighted by molar-refractivity contribution is 5.94. The number of methoxy groups -OCH3 is 1. The summed E-state index contributed by atoms with van der Waals surface area (Å²) in [6, 6.07) is 4.87. The van der Waals surface area contributed by atoms with Crippen molar-refractivity contribution in [3.8, 4) is 5.75 Å². The van der Waals surface area contributed by atoms with Crippen LogP contribution in [0.15, 0.2) is 18.2 Å². The predicted molar refractivity (Wildman–Crippen MR) is 53.1 cm³/mol. The van der Waals surface area contributed by atoms with Crippen molar-refractivity contribution in [3.05, 3.63) is 18.2 Å². The predicted octanol–water partition coefficient (Wildman–Crippen LogP) is 0.208. The van der Waals surface area contributed by atoms with Crippen LogP contribution in [0.5, 0.6) is 5.75 Å². The first-order valence-electron chi connectivity index (χ1n) is 4.01. The molecule has 0 aliphatic carbocycles. The monoisotopic (exact) mass is 196 g/mol. The quantitative estimate of drug-likeness (QED) is 0.603. The number of amides is 1. The van der Waals surface area contributed by atoms with Crippen LogP contribution in [0.2, 0.25) is 0 Å². The van der Waals surface area contributed by atoms with E-state index >= 15 is 0 Å². The van der Waals surface area contributed by atoms with Crippen molar-refractivity contribution in [2.24, 2.45) is 0 Å². The Kier molecular flexibility index (Phi) is 3.30. The molecule has 1 aromatic rings. The Morgan fingerprint density at radius 2 is 2.36 bits per heavy atom. The summed E-state index contributed by atoms with van der Waals surface area (Å²) in [5.74, 6) is 0.117. The molecule has 14 heavy (non-hydrogen) atoms. The summed E-state index contributed by atoms with van der Waals surface area (Å²) >= 11 is 0. The van der Waals surface area contributed by atoms with Crippen molar-refractivity contribution in [1.29, 1.82) is 0 Å². The number of aliphatic hydroxyl groups excluding tert-OH is 1. The Morgan fingerprint density at radius 3 is 2.86 bits per heavy atom. The van der Waals surface area contributed by atoms with Gasteiger partial charge >= 0.3 is 0 Å². The van der Waals surface area contributed by atoms with E-state index in [9.17, 15) is 4.79 Å². The van der Waals surface area contributed by atoms with Crippen molar-refractivity contribution in [2.75, 3.05) is 24.8 Å². The second kappa shape index (κ2) is 4.48. The molecule has 76 valence electrons. The number of anilines is 2. The second-order valence-corrected chi connectivity index (χ2v) is 2.66. The average Bonchev–Trinajstić information content (AvgIpc) is 2.20. The van der Waals surface area contributed by atoms with Crippen LogP contribution in [-0.2, 0) is 4.79 Å². The van der Waals surface area contributed by atoms with Gasteiger partial charge in [0.2, 0.25) is 5.91 Å². The number of hydrogen-bond acceptors (Lipinski definition) is 4. The Morgan fingerprint density at radius 1 is 1.64 bits per heavy atom. The highest BCUT2D eigenvalue weighted by atomic mass is 16.5. The number of hydrogen-bond donors (Lipinski definition) is 3. The lowest BCUT2D eigenvalue weighted by Crippen LogP contribution is -2.16. The lowest BCUT2D eigenvalue weighted by atomic mass is 10.2. The number of rotatable bonds is 3. The first kappa shape index (κ1) is 10.3. The van der Waals surface area contributed by atoms with Crippen LogP contribution >= 0.6 is 0 Å². The molecule has 0 bridgehead atoms. The lowest BCUT2D eigenvalue weighted by Gasteiger charge is -2.08. The number of benzene rings is 1. The molecule has 0 aliphatic rings. The molecule has 0 saturated heterocycles. The molecule has 1 rings (SSSR count). The van der Waals surface area contributed by atoms with Gasteiger partial charge in [0.25, 0.3) is 0 Å². The van der Waals surface area contributed by atoms with E-state index in [4.69, 9.17) is 15.6 Å². The molecule has 0 fully saturated rings. The van der Waals surface area contributed by atoms with E-state index in [2.05, 4.69) is 5.32 Å². The van der Waals surface area contributed by atoms with Gasteiger partial charge in [0.15, 0.2) is 0 Å². The second-order valence-electron chi connectivity index (χ2n) is 2.66. The van der Waals surface area contributed by atoms with Crippen LogP contribution in [0, 0.1) is 0 Å². The molecule has 0 unspecified atom stereocenters. The molecule has 1 aromatic carbocycles. The van der Waals surface area contributed by atoms with E-state index in [0.29, 0.717) is 17.1 Å². The Balaban J connectivity index is 2.83. The van der Waals surface area contributed by atoms with Crippen molar-refractivity contribution in [1.82, 2.24) is 0 Å². The standard InChI is InChI=1S/C9H12N2O3/c1-14-6-2-3-8(7(10)4-6)11-9(13)5-12/h2-4,12H,5,10H2,1H3,(H,11,13). The number of nitrogens with one attached hydrogen (secondary N) is 1. The molecule has 0 spiro atoms. The first-order valence-corrected chi connectivity index (χ1v) is 4.01. The van der Waals surface area contributed by atoms with E-state index in [1.807, 2.05) is 0 Å². The van der Waals surface area contributed by atoms with Crippen LogP contribution in [0.3, 0.4) is 0 Å². The molecule has 5 nitrogen and oxygen atoms in total. The normalized spacial score (nSPS) is 9.57. The van der Waals surface area contributed by atoms with Gasteiger partial charge < -0.3 is 20.9 Å². The zero-order chi connectivity index (χ0) is 10.6. The van der Waals surface area contributed by atoms with Gasteiger partial charge in [-0.2, -0.15) is 0 Å². The summed E-state index contributed by atoms with van der Waals surface area (Å²) in [7, 11) is 1.53. The van der Waals surface area contributed by atoms with E-state index in [0.717, 1.165) is 0 Å². The number of carbonyl (C=O) groups is 1. The van der Waals surface area contributed by atoms with Crippen LogP contribution < -0.4 is 15.8 Å². The minimum Gasteiger partial charge on any atom is -0.497 e. The van der Waals surface area contributed by atoms with Crippen LogP contribution in [0.4, 0.5) is 11.4 Å². The summed E-state index contributed by atoms with van der Waals surface area (Å²) in [6.07, 6.45) is 0. The van der Waals surface area contributed by atoms with Gasteiger partial charge in [0, 0.05) is 6.07 Å². The molecule has 0 heterocycles. The highest BCUT2D eigenvalue weighted by Crippen LogP contribution is 2.23. The fourth-order valence-electron chi connectivity index (χ4n) is 0.971. The molecule has 0 saturated carbocycles. The Hall–Kier alpha value is -1.75. The molecule has 5 heteroatoms. The summed E-state index contributed by atoms with van der Waals surface area (Å²) < 4.78 is 4.94. The number of nitrogen functional groups attached to an aromatic ring is 1. The summed E-state index contributed by atoms with van der Waals surface area (Å²) in [5.41, 5.74) is 6.48. The first-order chi connectivity index (χ1) is 6.67. The SMILES string of the molecule is COc1ccc(NC(=O)CO)c(N)c1. The number of nitrogens with two attached hydrogens (primary N) is 1. The van der Waals surface area contributed by atoms with E-state index in [-0.39, 0.29) is 0 Å². The van der Waals surface area contributed by atoms with Crippen LogP contribution in [0.25, 0.3) is 0 Å². The van der Waals surface area contributed by atoms with Crippen molar-refractivity contribution in [2.45, 2.75) is 0 Å². The topological polar surface area (TPSA) is 84.6 Å². The molecule has 0 atom stereocenters. The average molecular weight is 196 g/mol. The number of carbonyl (C=O) groups excluding carboxylic acids is 1. The van der Waals surface area contributed by atoms with Gasteiger partial charge in [-0.25, -0.2) is 0 Å². The highest BCUT2D eigenvalue weighted by Gasteiger charge is 2.04. The third kappa shape index (κ3) is 2.37. The fraction of sp³-hybridized carbons (Fsp3) is 0.222. The van der Waals surface area contributed by atoms with Crippen molar-refractivity contribution in [3.63, 3.8) is 0 Å². The molecule has 4 N–H and O–H groups in total. The molecule has 1 amide bonds. The summed E-state index contributed by atoms with van der Waals surface area (Å²) in [5, 5.41) is 11.0. The molecular formula is C9H12N2O3.